The predicted molar refractivity (Wildman–Crippen MR) is 137 cm³/mol. The van der Waals surface area contributed by atoms with E-state index in [1.807, 2.05) is 35.2 Å². The summed E-state index contributed by atoms with van der Waals surface area (Å²) >= 11 is 1.32. The first-order valence-electron chi connectivity index (χ1n) is 11.9. The number of nitrogens with zero attached hydrogens (tertiary/aromatic N) is 4. The molecule has 1 aliphatic rings. The van der Waals surface area contributed by atoms with Crippen LogP contribution in [0.5, 0.6) is 5.75 Å². The summed E-state index contributed by atoms with van der Waals surface area (Å²) in [5.41, 5.74) is 1.42. The number of hydrogen-bond acceptors (Lipinski definition) is 7. The second-order valence-electron chi connectivity index (χ2n) is 8.54. The normalized spacial score (nSPS) is 14.2. The van der Waals surface area contributed by atoms with E-state index in [-0.39, 0.29) is 11.8 Å². The first kappa shape index (κ1) is 24.8. The lowest BCUT2D eigenvalue weighted by molar-refractivity contribution is 0.0607. The smallest absolute Gasteiger partial charge is 0.286 e. The van der Waals surface area contributed by atoms with Crippen LogP contribution in [0.4, 0.5) is 5.69 Å². The van der Waals surface area contributed by atoms with Crippen molar-refractivity contribution in [3.63, 3.8) is 0 Å². The standard InChI is InChI=1S/C26H31N5O3S/c1-3-15-31(21-13-16-30(17-14-21)26(33)19-7-5-4-6-8-19)18-23-28-29-25(35-23)24(32)27-20-9-11-22(34-2)12-10-20/h4-12,21H,3,13-18H2,1-2H3,(H,27,32). The van der Waals surface area contributed by atoms with Gasteiger partial charge >= 0.3 is 0 Å². The van der Waals surface area contributed by atoms with Crippen LogP contribution in [0.3, 0.4) is 0 Å². The van der Waals surface area contributed by atoms with E-state index in [1.165, 1.54) is 11.3 Å². The van der Waals surface area contributed by atoms with Crippen molar-refractivity contribution in [1.29, 1.82) is 0 Å². The van der Waals surface area contributed by atoms with Crippen LogP contribution in [0.25, 0.3) is 0 Å². The molecular formula is C26H31N5O3S. The van der Waals surface area contributed by atoms with Crippen LogP contribution in [0.1, 0.15) is 51.4 Å². The topological polar surface area (TPSA) is 87.7 Å². The van der Waals surface area contributed by atoms with Crippen molar-refractivity contribution in [2.24, 2.45) is 0 Å². The molecule has 0 bridgehead atoms. The second-order valence-corrected chi connectivity index (χ2v) is 9.61. The van der Waals surface area contributed by atoms with Crippen LogP contribution >= 0.6 is 11.3 Å². The Labute approximate surface area is 209 Å². The number of benzene rings is 2. The molecule has 1 N–H and O–H groups in total. The van der Waals surface area contributed by atoms with Crippen molar-refractivity contribution in [2.45, 2.75) is 38.8 Å². The number of methoxy groups -OCH3 is 1. The SMILES string of the molecule is CCCN(Cc1nnc(C(=O)Nc2ccc(OC)cc2)s1)C1CCN(C(=O)c2ccccc2)CC1. The summed E-state index contributed by atoms with van der Waals surface area (Å²) in [5.74, 6) is 0.559. The van der Waals surface area contributed by atoms with Gasteiger partial charge in [-0.1, -0.05) is 36.5 Å². The number of carbonyl (C=O) groups is 2. The molecule has 0 saturated carbocycles. The fourth-order valence-electron chi connectivity index (χ4n) is 4.32. The van der Waals surface area contributed by atoms with E-state index in [4.69, 9.17) is 4.74 Å². The summed E-state index contributed by atoms with van der Waals surface area (Å²) in [6, 6.07) is 17.0. The van der Waals surface area contributed by atoms with Crippen LogP contribution in [0.2, 0.25) is 0 Å². The highest BCUT2D eigenvalue weighted by molar-refractivity contribution is 7.13. The zero-order valence-electron chi connectivity index (χ0n) is 20.1. The monoisotopic (exact) mass is 493 g/mol. The van der Waals surface area contributed by atoms with Crippen LogP contribution in [-0.2, 0) is 6.54 Å². The molecule has 2 aromatic carbocycles. The van der Waals surface area contributed by atoms with Crippen LogP contribution in [0, 0.1) is 0 Å². The Morgan fingerprint density at radius 2 is 1.80 bits per heavy atom. The fraction of sp³-hybridized carbons (Fsp3) is 0.385. The molecule has 1 saturated heterocycles. The molecule has 1 fully saturated rings. The van der Waals surface area contributed by atoms with Gasteiger partial charge in [0.05, 0.1) is 13.7 Å². The number of amides is 2. The lowest BCUT2D eigenvalue weighted by Gasteiger charge is -2.38. The number of aromatic nitrogens is 2. The molecule has 3 aromatic rings. The van der Waals surface area contributed by atoms with Crippen molar-refractivity contribution < 1.29 is 14.3 Å². The van der Waals surface area contributed by atoms with Crippen LogP contribution < -0.4 is 10.1 Å². The van der Waals surface area contributed by atoms with Crippen molar-refractivity contribution in [1.82, 2.24) is 20.0 Å². The third kappa shape index (κ3) is 6.43. The third-order valence-electron chi connectivity index (χ3n) is 6.15. The molecule has 9 heteroatoms. The zero-order chi connectivity index (χ0) is 24.6. The van der Waals surface area contributed by atoms with Gasteiger partial charge in [-0.25, -0.2) is 0 Å². The number of piperidine rings is 1. The second kappa shape index (κ2) is 11.9. The maximum atomic E-state index is 12.8. The Balaban J connectivity index is 1.33. The number of hydrogen-bond donors (Lipinski definition) is 1. The van der Waals surface area contributed by atoms with Gasteiger partial charge in [-0.2, -0.15) is 0 Å². The highest BCUT2D eigenvalue weighted by Crippen LogP contribution is 2.23. The maximum Gasteiger partial charge on any atom is 0.286 e. The number of nitrogens with one attached hydrogen (secondary N) is 1. The first-order valence-corrected chi connectivity index (χ1v) is 12.7. The average molecular weight is 494 g/mol. The molecule has 0 spiro atoms. The molecule has 2 heterocycles. The Morgan fingerprint density at radius 3 is 2.46 bits per heavy atom. The molecule has 184 valence electrons. The number of ether oxygens (including phenoxy) is 1. The van der Waals surface area contributed by atoms with Crippen molar-refractivity contribution in [3.05, 3.63) is 70.2 Å². The van der Waals surface area contributed by atoms with Gasteiger partial charge in [0.25, 0.3) is 11.8 Å². The molecule has 4 rings (SSSR count). The van der Waals surface area contributed by atoms with Crippen molar-refractivity contribution in [2.75, 3.05) is 32.1 Å². The number of likely N-dealkylation sites (tertiary alicyclic amines) is 1. The minimum Gasteiger partial charge on any atom is -0.497 e. The summed E-state index contributed by atoms with van der Waals surface area (Å²) in [4.78, 5) is 29.8. The van der Waals surface area contributed by atoms with E-state index >= 15 is 0 Å². The van der Waals surface area contributed by atoms with Crippen LogP contribution in [0.15, 0.2) is 54.6 Å². The first-order chi connectivity index (χ1) is 17.1. The number of carbonyl (C=O) groups excluding carboxylic acids is 2. The summed E-state index contributed by atoms with van der Waals surface area (Å²) in [6.07, 6.45) is 2.86. The minimum atomic E-state index is -0.270. The Kier molecular flexibility index (Phi) is 8.44. The van der Waals surface area contributed by atoms with Gasteiger partial charge in [0.1, 0.15) is 10.8 Å². The van der Waals surface area contributed by atoms with Crippen LogP contribution in [-0.4, -0.2) is 64.6 Å². The highest BCUT2D eigenvalue weighted by atomic mass is 32.1. The Hall–Kier alpha value is -3.30. The maximum absolute atomic E-state index is 12.8. The quantitative estimate of drug-likeness (QED) is 0.478. The molecule has 1 aliphatic heterocycles. The third-order valence-corrected chi connectivity index (χ3v) is 7.05. The average Bonchev–Trinajstić information content (AvgIpc) is 3.38. The molecular weight excluding hydrogens is 462 g/mol. The Bertz CT molecular complexity index is 1110. The van der Waals surface area contributed by atoms with Gasteiger partial charge in [0.15, 0.2) is 0 Å². The van der Waals surface area contributed by atoms with Gasteiger partial charge in [0.2, 0.25) is 5.01 Å². The van der Waals surface area contributed by atoms with Crippen molar-refractivity contribution >= 4 is 28.8 Å². The van der Waals surface area contributed by atoms with E-state index in [1.54, 1.807) is 31.4 Å². The van der Waals surface area contributed by atoms with E-state index in [0.717, 1.165) is 55.2 Å². The number of rotatable bonds is 9. The summed E-state index contributed by atoms with van der Waals surface area (Å²) in [7, 11) is 1.60. The molecule has 1 aromatic heterocycles. The molecule has 35 heavy (non-hydrogen) atoms. The summed E-state index contributed by atoms with van der Waals surface area (Å²) < 4.78 is 5.15. The summed E-state index contributed by atoms with van der Waals surface area (Å²) in [6.45, 7) is 5.23. The zero-order valence-corrected chi connectivity index (χ0v) is 21.0. The largest absolute Gasteiger partial charge is 0.497 e. The molecule has 0 atom stereocenters. The van der Waals surface area contributed by atoms with E-state index in [9.17, 15) is 9.59 Å². The lowest BCUT2D eigenvalue weighted by atomic mass is 10.0. The fourth-order valence-corrected chi connectivity index (χ4v) is 5.08. The van der Waals surface area contributed by atoms with E-state index < -0.39 is 0 Å². The van der Waals surface area contributed by atoms with E-state index in [0.29, 0.717) is 23.3 Å². The van der Waals surface area contributed by atoms with Gasteiger partial charge in [-0.05, 0) is 62.2 Å². The molecule has 8 nitrogen and oxygen atoms in total. The van der Waals surface area contributed by atoms with Gasteiger partial charge in [-0.3, -0.25) is 14.5 Å². The number of anilines is 1. The minimum absolute atomic E-state index is 0.0997. The van der Waals surface area contributed by atoms with Crippen molar-refractivity contribution in [3.8, 4) is 5.75 Å². The molecule has 0 unspecified atom stereocenters. The van der Waals surface area contributed by atoms with Gasteiger partial charge < -0.3 is 15.0 Å². The van der Waals surface area contributed by atoms with Gasteiger partial charge in [0, 0.05) is 30.4 Å². The highest BCUT2D eigenvalue weighted by Gasteiger charge is 2.28. The lowest BCUT2D eigenvalue weighted by Crippen LogP contribution is -2.46. The van der Waals surface area contributed by atoms with Gasteiger partial charge in [-0.15, -0.1) is 10.2 Å². The summed E-state index contributed by atoms with van der Waals surface area (Å²) in [5, 5.41) is 12.4. The molecule has 0 aliphatic carbocycles. The predicted octanol–water partition coefficient (Wildman–Crippen LogP) is 4.32. The van der Waals surface area contributed by atoms with E-state index in [2.05, 4.69) is 27.3 Å². The molecule has 0 radical (unpaired) electrons. The Morgan fingerprint density at radius 1 is 1.09 bits per heavy atom. The molecule has 2 amide bonds.